The molecule has 1 N–H and O–H groups in total. The molecule has 0 bridgehead atoms. The van der Waals surface area contributed by atoms with Crippen molar-refractivity contribution >= 4 is 11.9 Å². The van der Waals surface area contributed by atoms with Gasteiger partial charge in [-0.15, -0.1) is 0 Å². The van der Waals surface area contributed by atoms with E-state index in [1.54, 1.807) is 0 Å². The van der Waals surface area contributed by atoms with Gasteiger partial charge in [-0.25, -0.2) is 0 Å². The molecule has 0 atom stereocenters. The number of benzene rings is 1. The van der Waals surface area contributed by atoms with Crippen molar-refractivity contribution in [2.45, 2.75) is 39.2 Å². The van der Waals surface area contributed by atoms with E-state index in [4.69, 9.17) is 4.74 Å². The van der Waals surface area contributed by atoms with E-state index < -0.39 is 5.60 Å². The third-order valence-electron chi connectivity index (χ3n) is 2.28. The molecule has 1 aromatic rings. The first-order valence-electron chi connectivity index (χ1n) is 6.39. The van der Waals surface area contributed by atoms with Crippen LogP contribution in [0.15, 0.2) is 30.3 Å². The summed E-state index contributed by atoms with van der Waals surface area (Å²) in [5, 5.41) is 2.71. The monoisotopic (exact) mass is 263 g/mol. The van der Waals surface area contributed by atoms with E-state index in [0.717, 1.165) is 5.56 Å². The van der Waals surface area contributed by atoms with Crippen LogP contribution in [0.4, 0.5) is 0 Å². The maximum atomic E-state index is 11.6. The van der Waals surface area contributed by atoms with Crippen molar-refractivity contribution in [3.8, 4) is 0 Å². The molecule has 0 fully saturated rings. The molecule has 0 saturated heterocycles. The molecule has 19 heavy (non-hydrogen) atoms. The Labute approximate surface area is 114 Å². The molecule has 0 saturated carbocycles. The lowest BCUT2D eigenvalue weighted by Gasteiger charge is -2.19. The molecule has 0 spiro atoms. The lowest BCUT2D eigenvalue weighted by atomic mass is 10.1. The summed E-state index contributed by atoms with van der Waals surface area (Å²) in [4.78, 5) is 23.0. The van der Waals surface area contributed by atoms with Crippen molar-refractivity contribution in [1.29, 1.82) is 0 Å². The van der Waals surface area contributed by atoms with E-state index in [1.165, 1.54) is 0 Å². The highest BCUT2D eigenvalue weighted by molar-refractivity contribution is 5.79. The molecule has 1 aromatic carbocycles. The standard InChI is InChI=1S/C15H21NO3/c1-15(2,3)19-14(18)9-10-16-13(17)11-12-7-5-4-6-8-12/h4-8H,9-11H2,1-3H3,(H,16,17). The number of carbonyl (C=O) groups is 2. The summed E-state index contributed by atoms with van der Waals surface area (Å²) in [5.74, 6) is -0.387. The van der Waals surface area contributed by atoms with Crippen molar-refractivity contribution in [3.05, 3.63) is 35.9 Å². The van der Waals surface area contributed by atoms with Gasteiger partial charge in [0.1, 0.15) is 5.60 Å². The Kier molecular flexibility index (Phi) is 5.55. The summed E-state index contributed by atoms with van der Waals surface area (Å²) in [6.45, 7) is 5.76. The fourth-order valence-corrected chi connectivity index (χ4v) is 1.54. The second-order valence-electron chi connectivity index (χ2n) is 5.35. The number of esters is 1. The van der Waals surface area contributed by atoms with Gasteiger partial charge in [-0.2, -0.15) is 0 Å². The second-order valence-corrected chi connectivity index (χ2v) is 5.35. The molecule has 0 aliphatic rings. The largest absolute Gasteiger partial charge is 0.460 e. The third-order valence-corrected chi connectivity index (χ3v) is 2.28. The first-order chi connectivity index (χ1) is 8.87. The minimum atomic E-state index is -0.481. The van der Waals surface area contributed by atoms with Crippen LogP contribution in [0.3, 0.4) is 0 Å². The van der Waals surface area contributed by atoms with Crippen LogP contribution >= 0.6 is 0 Å². The highest BCUT2D eigenvalue weighted by Gasteiger charge is 2.15. The number of nitrogens with one attached hydrogen (secondary N) is 1. The number of carbonyl (C=O) groups excluding carboxylic acids is 2. The van der Waals surface area contributed by atoms with Crippen LogP contribution in [-0.4, -0.2) is 24.0 Å². The summed E-state index contributed by atoms with van der Waals surface area (Å²) in [5.41, 5.74) is 0.475. The van der Waals surface area contributed by atoms with Crippen molar-refractivity contribution in [2.75, 3.05) is 6.54 Å². The zero-order valence-electron chi connectivity index (χ0n) is 11.7. The highest BCUT2D eigenvalue weighted by Crippen LogP contribution is 2.07. The zero-order valence-corrected chi connectivity index (χ0v) is 11.7. The molecule has 0 aliphatic carbocycles. The predicted molar refractivity (Wildman–Crippen MR) is 73.6 cm³/mol. The van der Waals surface area contributed by atoms with E-state index in [0.29, 0.717) is 13.0 Å². The Morgan fingerprint density at radius 3 is 2.37 bits per heavy atom. The lowest BCUT2D eigenvalue weighted by Crippen LogP contribution is -2.30. The summed E-state index contributed by atoms with van der Waals surface area (Å²) < 4.78 is 5.15. The van der Waals surface area contributed by atoms with Crippen LogP contribution in [0.25, 0.3) is 0 Å². The van der Waals surface area contributed by atoms with Gasteiger partial charge in [-0.1, -0.05) is 30.3 Å². The van der Waals surface area contributed by atoms with Gasteiger partial charge in [-0.05, 0) is 26.3 Å². The van der Waals surface area contributed by atoms with Gasteiger partial charge < -0.3 is 10.1 Å². The molecule has 0 aromatic heterocycles. The van der Waals surface area contributed by atoms with Crippen LogP contribution < -0.4 is 5.32 Å². The topological polar surface area (TPSA) is 55.4 Å². The molecule has 104 valence electrons. The van der Waals surface area contributed by atoms with Crippen LogP contribution in [0.1, 0.15) is 32.8 Å². The summed E-state index contributed by atoms with van der Waals surface area (Å²) in [6, 6.07) is 9.48. The van der Waals surface area contributed by atoms with Crippen LogP contribution in [0.2, 0.25) is 0 Å². The van der Waals surface area contributed by atoms with Gasteiger partial charge in [0.25, 0.3) is 0 Å². The Bertz CT molecular complexity index is 421. The van der Waals surface area contributed by atoms with Crippen molar-refractivity contribution in [2.24, 2.45) is 0 Å². The Balaban J connectivity index is 2.23. The molecule has 4 nitrogen and oxygen atoms in total. The molecule has 0 unspecified atom stereocenters. The SMILES string of the molecule is CC(C)(C)OC(=O)CCNC(=O)Cc1ccccc1. The minimum absolute atomic E-state index is 0.0882. The lowest BCUT2D eigenvalue weighted by molar-refractivity contribution is -0.154. The number of rotatable bonds is 5. The summed E-state index contributed by atoms with van der Waals surface area (Å²) >= 11 is 0. The molecule has 0 radical (unpaired) electrons. The Morgan fingerprint density at radius 2 is 1.79 bits per heavy atom. The summed E-state index contributed by atoms with van der Waals surface area (Å²) in [6.07, 6.45) is 0.521. The molecular weight excluding hydrogens is 242 g/mol. The van der Waals surface area contributed by atoms with E-state index in [-0.39, 0.29) is 18.3 Å². The first kappa shape index (κ1) is 15.2. The van der Waals surface area contributed by atoms with Gasteiger partial charge in [0.05, 0.1) is 12.8 Å². The quantitative estimate of drug-likeness (QED) is 0.827. The van der Waals surface area contributed by atoms with Crippen molar-refractivity contribution in [1.82, 2.24) is 5.32 Å². The van der Waals surface area contributed by atoms with Gasteiger partial charge in [-0.3, -0.25) is 9.59 Å². The fraction of sp³-hybridized carbons (Fsp3) is 0.467. The van der Waals surface area contributed by atoms with Crippen LogP contribution in [0, 0.1) is 0 Å². The zero-order chi connectivity index (χ0) is 14.3. The average Bonchev–Trinajstić information content (AvgIpc) is 2.27. The van der Waals surface area contributed by atoms with Gasteiger partial charge in [0.15, 0.2) is 0 Å². The van der Waals surface area contributed by atoms with Gasteiger partial charge in [0, 0.05) is 6.54 Å². The van der Waals surface area contributed by atoms with E-state index in [1.807, 2.05) is 51.1 Å². The maximum Gasteiger partial charge on any atom is 0.308 e. The average molecular weight is 263 g/mol. The van der Waals surface area contributed by atoms with E-state index in [9.17, 15) is 9.59 Å². The molecule has 1 amide bonds. The van der Waals surface area contributed by atoms with E-state index in [2.05, 4.69) is 5.32 Å². The number of hydrogen-bond donors (Lipinski definition) is 1. The minimum Gasteiger partial charge on any atom is -0.460 e. The Hall–Kier alpha value is -1.84. The first-order valence-corrected chi connectivity index (χ1v) is 6.39. The van der Waals surface area contributed by atoms with E-state index >= 15 is 0 Å². The highest BCUT2D eigenvalue weighted by atomic mass is 16.6. The molecule has 0 aliphatic heterocycles. The van der Waals surface area contributed by atoms with Crippen molar-refractivity contribution in [3.63, 3.8) is 0 Å². The van der Waals surface area contributed by atoms with Gasteiger partial charge in [0.2, 0.25) is 5.91 Å². The fourth-order valence-electron chi connectivity index (χ4n) is 1.54. The maximum absolute atomic E-state index is 11.6. The second kappa shape index (κ2) is 6.92. The predicted octanol–water partition coefficient (Wildman–Crippen LogP) is 2.08. The smallest absolute Gasteiger partial charge is 0.308 e. The third kappa shape index (κ3) is 7.24. The van der Waals surface area contributed by atoms with Gasteiger partial charge >= 0.3 is 5.97 Å². The molecule has 4 heteroatoms. The molecule has 1 rings (SSSR count). The van der Waals surface area contributed by atoms with Crippen molar-refractivity contribution < 1.29 is 14.3 Å². The molecule has 0 heterocycles. The summed E-state index contributed by atoms with van der Waals surface area (Å²) in [7, 11) is 0. The van der Waals surface area contributed by atoms with Crippen LogP contribution in [0.5, 0.6) is 0 Å². The Morgan fingerprint density at radius 1 is 1.16 bits per heavy atom. The number of hydrogen-bond acceptors (Lipinski definition) is 3. The normalized spacial score (nSPS) is 10.9. The van der Waals surface area contributed by atoms with Crippen LogP contribution in [-0.2, 0) is 20.7 Å². The number of ether oxygens (including phenoxy) is 1. The number of amides is 1. The molecular formula is C15H21NO3.